The van der Waals surface area contributed by atoms with Gasteiger partial charge in [0.25, 0.3) is 6.43 Å². The molecule has 1 amide bonds. The standard InChI is InChI=1S/C12H17F2N3O/c1-12(2,8-6-15-16(3)7-8)11(18)17-5-4-9(17)10(13)14/h6-7,9-10H,4-5H2,1-3H3. The summed E-state index contributed by atoms with van der Waals surface area (Å²) < 4.78 is 27.0. The van der Waals surface area contributed by atoms with Crippen molar-refractivity contribution in [2.45, 2.75) is 38.2 Å². The van der Waals surface area contributed by atoms with E-state index in [0.717, 1.165) is 5.56 Å². The number of aromatic nitrogens is 2. The minimum absolute atomic E-state index is 0.257. The van der Waals surface area contributed by atoms with Crippen molar-refractivity contribution in [1.82, 2.24) is 14.7 Å². The van der Waals surface area contributed by atoms with Gasteiger partial charge in [-0.1, -0.05) is 0 Å². The van der Waals surface area contributed by atoms with Gasteiger partial charge >= 0.3 is 0 Å². The van der Waals surface area contributed by atoms with Crippen molar-refractivity contribution in [3.05, 3.63) is 18.0 Å². The highest BCUT2D eigenvalue weighted by Gasteiger charge is 2.44. The fourth-order valence-electron chi connectivity index (χ4n) is 2.15. The van der Waals surface area contributed by atoms with Gasteiger partial charge in [-0.25, -0.2) is 8.78 Å². The number of alkyl halides is 2. The summed E-state index contributed by atoms with van der Waals surface area (Å²) >= 11 is 0. The molecule has 0 radical (unpaired) electrons. The normalized spacial score (nSPS) is 20.1. The van der Waals surface area contributed by atoms with Crippen LogP contribution in [0.3, 0.4) is 0 Å². The second kappa shape index (κ2) is 4.33. The first-order valence-electron chi connectivity index (χ1n) is 5.92. The second-order valence-corrected chi connectivity index (χ2v) is 5.22. The molecule has 1 atom stereocenters. The monoisotopic (exact) mass is 257 g/mol. The molecule has 0 aliphatic carbocycles. The number of carbonyl (C=O) groups is 1. The summed E-state index contributed by atoms with van der Waals surface area (Å²) in [6, 6.07) is -0.923. The number of carbonyl (C=O) groups excluding carboxylic acids is 1. The van der Waals surface area contributed by atoms with E-state index in [9.17, 15) is 13.6 Å². The zero-order valence-corrected chi connectivity index (χ0v) is 10.7. The maximum absolute atomic E-state index is 12.7. The molecule has 1 unspecified atom stereocenters. The van der Waals surface area contributed by atoms with Gasteiger partial charge in [-0.15, -0.1) is 0 Å². The molecule has 1 aliphatic rings. The van der Waals surface area contributed by atoms with E-state index in [1.54, 1.807) is 38.0 Å². The predicted molar refractivity (Wildman–Crippen MR) is 62.4 cm³/mol. The summed E-state index contributed by atoms with van der Waals surface area (Å²) in [4.78, 5) is 13.6. The first-order valence-corrected chi connectivity index (χ1v) is 5.92. The topological polar surface area (TPSA) is 38.1 Å². The molecule has 1 saturated heterocycles. The van der Waals surface area contributed by atoms with Crippen LogP contribution in [0, 0.1) is 0 Å². The zero-order chi connectivity index (χ0) is 13.5. The van der Waals surface area contributed by atoms with E-state index in [1.165, 1.54) is 4.90 Å². The van der Waals surface area contributed by atoms with Crippen LogP contribution in [0.5, 0.6) is 0 Å². The lowest BCUT2D eigenvalue weighted by Crippen LogP contribution is -2.58. The van der Waals surface area contributed by atoms with Crippen LogP contribution in [0.4, 0.5) is 8.78 Å². The van der Waals surface area contributed by atoms with Crippen molar-refractivity contribution in [3.8, 4) is 0 Å². The largest absolute Gasteiger partial charge is 0.333 e. The van der Waals surface area contributed by atoms with Gasteiger partial charge in [-0.05, 0) is 20.3 Å². The van der Waals surface area contributed by atoms with Crippen LogP contribution in [0.25, 0.3) is 0 Å². The first-order chi connectivity index (χ1) is 8.34. The van der Waals surface area contributed by atoms with Gasteiger partial charge in [-0.3, -0.25) is 9.48 Å². The predicted octanol–water partition coefficient (Wildman–Crippen LogP) is 1.56. The Balaban J connectivity index is 2.18. The Morgan fingerprint density at radius 3 is 2.61 bits per heavy atom. The fraction of sp³-hybridized carbons (Fsp3) is 0.667. The lowest BCUT2D eigenvalue weighted by Gasteiger charge is -2.44. The summed E-state index contributed by atoms with van der Waals surface area (Å²) in [6.07, 6.45) is 1.27. The molecule has 4 nitrogen and oxygen atoms in total. The molecule has 1 aromatic heterocycles. The quantitative estimate of drug-likeness (QED) is 0.824. The second-order valence-electron chi connectivity index (χ2n) is 5.22. The number of likely N-dealkylation sites (tertiary alicyclic amines) is 1. The molecule has 2 heterocycles. The molecule has 1 aliphatic heterocycles. The van der Waals surface area contributed by atoms with E-state index < -0.39 is 17.9 Å². The van der Waals surface area contributed by atoms with Crippen LogP contribution in [0.15, 0.2) is 12.4 Å². The summed E-state index contributed by atoms with van der Waals surface area (Å²) in [5.74, 6) is -0.257. The zero-order valence-electron chi connectivity index (χ0n) is 10.7. The molecule has 0 aromatic carbocycles. The van der Waals surface area contributed by atoms with E-state index in [4.69, 9.17) is 0 Å². The molecule has 1 aromatic rings. The van der Waals surface area contributed by atoms with E-state index >= 15 is 0 Å². The maximum atomic E-state index is 12.7. The highest BCUT2D eigenvalue weighted by atomic mass is 19.3. The molecular weight excluding hydrogens is 240 g/mol. The Kier molecular flexibility index (Phi) is 3.12. The van der Waals surface area contributed by atoms with Crippen LogP contribution in [0.1, 0.15) is 25.8 Å². The highest BCUT2D eigenvalue weighted by Crippen LogP contribution is 2.32. The maximum Gasteiger partial charge on any atom is 0.258 e. The Hall–Kier alpha value is -1.46. The van der Waals surface area contributed by atoms with Crippen LogP contribution in [-0.4, -0.2) is 39.6 Å². The Bertz CT molecular complexity index is 456. The number of nitrogens with zero attached hydrogens (tertiary/aromatic N) is 3. The highest BCUT2D eigenvalue weighted by molar-refractivity contribution is 5.88. The molecule has 0 spiro atoms. The molecule has 6 heteroatoms. The van der Waals surface area contributed by atoms with Gasteiger partial charge in [0, 0.05) is 25.4 Å². The van der Waals surface area contributed by atoms with Gasteiger partial charge in [0.1, 0.15) is 0 Å². The lowest BCUT2D eigenvalue weighted by atomic mass is 9.83. The number of amides is 1. The van der Waals surface area contributed by atoms with Crippen molar-refractivity contribution in [1.29, 1.82) is 0 Å². The lowest BCUT2D eigenvalue weighted by molar-refractivity contribution is -0.150. The molecule has 0 saturated carbocycles. The number of hydrogen-bond acceptors (Lipinski definition) is 2. The molecule has 1 fully saturated rings. The van der Waals surface area contributed by atoms with Crippen molar-refractivity contribution in [2.75, 3.05) is 6.54 Å². The smallest absolute Gasteiger partial charge is 0.258 e. The minimum Gasteiger partial charge on any atom is -0.333 e. The van der Waals surface area contributed by atoms with Gasteiger partial charge in [0.05, 0.1) is 17.7 Å². The van der Waals surface area contributed by atoms with Gasteiger partial charge < -0.3 is 4.90 Å². The van der Waals surface area contributed by atoms with Crippen LogP contribution in [0.2, 0.25) is 0 Å². The Morgan fingerprint density at radius 1 is 1.56 bits per heavy atom. The van der Waals surface area contributed by atoms with E-state index in [1.807, 2.05) is 0 Å². The number of halogens is 2. The first kappa shape index (κ1) is 13.0. The van der Waals surface area contributed by atoms with E-state index in [2.05, 4.69) is 5.10 Å². The molecule has 100 valence electrons. The Morgan fingerprint density at radius 2 is 2.22 bits per heavy atom. The minimum atomic E-state index is -2.47. The summed E-state index contributed by atoms with van der Waals surface area (Å²) in [7, 11) is 1.76. The van der Waals surface area contributed by atoms with E-state index in [-0.39, 0.29) is 5.91 Å². The van der Waals surface area contributed by atoms with Gasteiger partial charge in [0.2, 0.25) is 5.91 Å². The third-order valence-corrected chi connectivity index (χ3v) is 3.58. The summed E-state index contributed by atoms with van der Waals surface area (Å²) in [5, 5.41) is 4.02. The molecule has 0 N–H and O–H groups in total. The van der Waals surface area contributed by atoms with Crippen LogP contribution in [-0.2, 0) is 17.3 Å². The molecular formula is C12H17F2N3O. The van der Waals surface area contributed by atoms with Gasteiger partial charge in [0.15, 0.2) is 0 Å². The number of rotatable bonds is 3. The molecule has 0 bridgehead atoms. The molecule has 2 rings (SSSR count). The molecule has 18 heavy (non-hydrogen) atoms. The van der Waals surface area contributed by atoms with Gasteiger partial charge in [-0.2, -0.15) is 5.10 Å². The fourth-order valence-corrected chi connectivity index (χ4v) is 2.15. The van der Waals surface area contributed by atoms with Crippen LogP contribution < -0.4 is 0 Å². The third-order valence-electron chi connectivity index (χ3n) is 3.58. The Labute approximate surface area is 105 Å². The SMILES string of the molecule is Cn1cc(C(C)(C)C(=O)N2CCC2C(F)F)cn1. The average Bonchev–Trinajstić information content (AvgIpc) is 2.62. The van der Waals surface area contributed by atoms with Crippen molar-refractivity contribution in [2.24, 2.45) is 7.05 Å². The summed E-state index contributed by atoms with van der Waals surface area (Å²) in [6.45, 7) is 3.90. The third kappa shape index (κ3) is 2.00. The van der Waals surface area contributed by atoms with Crippen molar-refractivity contribution < 1.29 is 13.6 Å². The van der Waals surface area contributed by atoms with Crippen molar-refractivity contribution in [3.63, 3.8) is 0 Å². The average molecular weight is 257 g/mol. The number of aryl methyl sites for hydroxylation is 1. The van der Waals surface area contributed by atoms with Crippen molar-refractivity contribution >= 4 is 5.91 Å². The van der Waals surface area contributed by atoms with E-state index in [0.29, 0.717) is 13.0 Å². The summed E-state index contributed by atoms with van der Waals surface area (Å²) in [5.41, 5.74) is -0.0723. The van der Waals surface area contributed by atoms with Crippen LogP contribution >= 0.6 is 0 Å². The number of hydrogen-bond donors (Lipinski definition) is 0.